The van der Waals surface area contributed by atoms with Crippen molar-refractivity contribution in [2.75, 3.05) is 13.1 Å². The molecule has 1 amide bonds. The minimum atomic E-state index is -0.0627. The summed E-state index contributed by atoms with van der Waals surface area (Å²) in [6, 6.07) is 2.18. The molecule has 0 spiro atoms. The van der Waals surface area contributed by atoms with Crippen LogP contribution in [0.4, 0.5) is 0 Å². The van der Waals surface area contributed by atoms with Crippen molar-refractivity contribution in [1.29, 1.82) is 0 Å². The van der Waals surface area contributed by atoms with Gasteiger partial charge in [-0.15, -0.1) is 0 Å². The Morgan fingerprint density at radius 2 is 2.38 bits per heavy atom. The van der Waals surface area contributed by atoms with E-state index in [0.29, 0.717) is 29.8 Å². The van der Waals surface area contributed by atoms with Gasteiger partial charge in [0.2, 0.25) is 0 Å². The van der Waals surface area contributed by atoms with Crippen molar-refractivity contribution < 1.29 is 4.79 Å². The second-order valence-corrected chi connectivity index (χ2v) is 4.52. The van der Waals surface area contributed by atoms with E-state index in [1.807, 2.05) is 10.8 Å². The van der Waals surface area contributed by atoms with Crippen LogP contribution in [-0.4, -0.2) is 23.6 Å². The van der Waals surface area contributed by atoms with E-state index in [-0.39, 0.29) is 5.91 Å². The highest BCUT2D eigenvalue weighted by atomic mass is 35.5. The van der Waals surface area contributed by atoms with Crippen LogP contribution in [0.15, 0.2) is 12.3 Å². The minimum absolute atomic E-state index is 0.0627. The zero-order chi connectivity index (χ0) is 11.5. The Kier molecular flexibility index (Phi) is 3.51. The summed E-state index contributed by atoms with van der Waals surface area (Å²) >= 11 is 5.92. The molecule has 0 unspecified atom stereocenters. The number of carbonyl (C=O) groups is 1. The van der Waals surface area contributed by atoms with Gasteiger partial charge in [-0.25, -0.2) is 0 Å². The Bertz CT molecular complexity index is 385. The zero-order valence-electron chi connectivity index (χ0n) is 9.08. The lowest BCUT2D eigenvalue weighted by Crippen LogP contribution is -2.27. The van der Waals surface area contributed by atoms with Gasteiger partial charge in [-0.2, -0.15) is 0 Å². The van der Waals surface area contributed by atoms with Gasteiger partial charge in [0.1, 0.15) is 5.69 Å². The summed E-state index contributed by atoms with van der Waals surface area (Å²) in [4.78, 5) is 11.9. The van der Waals surface area contributed by atoms with Crippen molar-refractivity contribution in [3.63, 3.8) is 0 Å². The molecule has 4 nitrogen and oxygen atoms in total. The number of aromatic nitrogens is 1. The summed E-state index contributed by atoms with van der Waals surface area (Å²) in [5, 5.41) is 3.46. The van der Waals surface area contributed by atoms with Crippen LogP contribution in [-0.2, 0) is 0 Å². The van der Waals surface area contributed by atoms with E-state index in [9.17, 15) is 4.79 Å². The van der Waals surface area contributed by atoms with Crippen LogP contribution < -0.4 is 11.1 Å². The predicted molar refractivity (Wildman–Crippen MR) is 63.7 cm³/mol. The van der Waals surface area contributed by atoms with E-state index >= 15 is 0 Å². The lowest BCUT2D eigenvalue weighted by molar-refractivity contribution is 0.0944. The van der Waals surface area contributed by atoms with Gasteiger partial charge < -0.3 is 15.6 Å². The number of rotatable bonds is 5. The summed E-state index contributed by atoms with van der Waals surface area (Å²) in [6.07, 6.45) is 4.89. The van der Waals surface area contributed by atoms with E-state index in [0.717, 1.165) is 19.3 Å². The third kappa shape index (κ3) is 2.57. The summed E-state index contributed by atoms with van der Waals surface area (Å²) < 4.78 is 1.97. The second-order valence-electron chi connectivity index (χ2n) is 4.08. The molecule has 3 N–H and O–H groups in total. The normalized spacial score (nSPS) is 15.1. The zero-order valence-corrected chi connectivity index (χ0v) is 9.83. The van der Waals surface area contributed by atoms with Gasteiger partial charge in [-0.1, -0.05) is 11.6 Å². The summed E-state index contributed by atoms with van der Waals surface area (Å²) in [7, 11) is 0. The van der Waals surface area contributed by atoms with Crippen LogP contribution >= 0.6 is 11.6 Å². The molecule has 1 aromatic heterocycles. The lowest BCUT2D eigenvalue weighted by atomic mass is 10.3. The molecule has 1 aliphatic rings. The SMILES string of the molecule is NCCCNC(=O)c1cc(Cl)cn1C1CC1. The highest BCUT2D eigenvalue weighted by Crippen LogP contribution is 2.37. The van der Waals surface area contributed by atoms with Gasteiger partial charge in [0, 0.05) is 18.8 Å². The monoisotopic (exact) mass is 241 g/mol. The van der Waals surface area contributed by atoms with Crippen LogP contribution in [0.1, 0.15) is 35.8 Å². The number of halogens is 1. The molecule has 1 saturated carbocycles. The van der Waals surface area contributed by atoms with E-state index in [2.05, 4.69) is 5.32 Å². The Hall–Kier alpha value is -1.00. The molecule has 1 heterocycles. The number of hydrogen-bond acceptors (Lipinski definition) is 2. The Labute approximate surface area is 99.8 Å². The molecule has 1 aliphatic carbocycles. The average Bonchev–Trinajstić information content (AvgIpc) is 3.02. The molecule has 1 aromatic rings. The maximum absolute atomic E-state index is 11.9. The molecule has 0 atom stereocenters. The van der Waals surface area contributed by atoms with Crippen molar-refractivity contribution in [1.82, 2.24) is 9.88 Å². The number of nitrogens with zero attached hydrogens (tertiary/aromatic N) is 1. The third-order valence-electron chi connectivity index (χ3n) is 2.65. The fraction of sp³-hybridized carbons (Fsp3) is 0.545. The van der Waals surface area contributed by atoms with Crippen molar-refractivity contribution in [3.8, 4) is 0 Å². The molecule has 2 rings (SSSR count). The quantitative estimate of drug-likeness (QED) is 0.769. The van der Waals surface area contributed by atoms with Crippen LogP contribution in [0.2, 0.25) is 5.02 Å². The number of hydrogen-bond donors (Lipinski definition) is 2. The second kappa shape index (κ2) is 4.89. The molecule has 0 radical (unpaired) electrons. The highest BCUT2D eigenvalue weighted by molar-refractivity contribution is 6.31. The topological polar surface area (TPSA) is 60.0 Å². The fourth-order valence-electron chi connectivity index (χ4n) is 1.68. The molecule has 1 fully saturated rings. The van der Waals surface area contributed by atoms with Crippen LogP contribution in [0.3, 0.4) is 0 Å². The predicted octanol–water partition coefficient (Wildman–Crippen LogP) is 1.55. The average molecular weight is 242 g/mol. The molecule has 0 saturated heterocycles. The summed E-state index contributed by atoms with van der Waals surface area (Å²) in [5.74, 6) is -0.0627. The first kappa shape index (κ1) is 11.5. The third-order valence-corrected chi connectivity index (χ3v) is 2.86. The van der Waals surface area contributed by atoms with Gasteiger partial charge in [0.15, 0.2) is 0 Å². The summed E-state index contributed by atoms with van der Waals surface area (Å²) in [5.41, 5.74) is 6.03. The van der Waals surface area contributed by atoms with Gasteiger partial charge in [-0.05, 0) is 31.9 Å². The van der Waals surface area contributed by atoms with Gasteiger partial charge >= 0.3 is 0 Å². The Balaban J connectivity index is 2.03. The molecule has 0 aromatic carbocycles. The highest BCUT2D eigenvalue weighted by Gasteiger charge is 2.27. The van der Waals surface area contributed by atoms with Gasteiger partial charge in [0.25, 0.3) is 5.91 Å². The van der Waals surface area contributed by atoms with Gasteiger partial charge in [-0.3, -0.25) is 4.79 Å². The molecule has 88 valence electrons. The number of nitrogens with two attached hydrogens (primary N) is 1. The molecule has 0 bridgehead atoms. The molecular weight excluding hydrogens is 226 g/mol. The van der Waals surface area contributed by atoms with E-state index in [1.54, 1.807) is 6.07 Å². The molecular formula is C11H16ClN3O. The van der Waals surface area contributed by atoms with Crippen molar-refractivity contribution in [2.24, 2.45) is 5.73 Å². The molecule has 16 heavy (non-hydrogen) atoms. The first-order valence-electron chi connectivity index (χ1n) is 5.58. The standard InChI is InChI=1S/C11H16ClN3O/c12-8-6-10(11(16)14-5-1-4-13)15(7-8)9-2-3-9/h6-7,9H,1-5,13H2,(H,14,16). The maximum Gasteiger partial charge on any atom is 0.267 e. The number of carbonyl (C=O) groups excluding carboxylic acids is 1. The maximum atomic E-state index is 11.9. The summed E-state index contributed by atoms with van der Waals surface area (Å²) in [6.45, 7) is 1.20. The van der Waals surface area contributed by atoms with Gasteiger partial charge in [0.05, 0.1) is 5.02 Å². The van der Waals surface area contributed by atoms with Crippen LogP contribution in [0, 0.1) is 0 Å². The lowest BCUT2D eigenvalue weighted by Gasteiger charge is -2.07. The molecule has 5 heteroatoms. The first-order chi connectivity index (χ1) is 7.72. The smallest absolute Gasteiger partial charge is 0.267 e. The molecule has 0 aliphatic heterocycles. The van der Waals surface area contributed by atoms with Crippen LogP contribution in [0.25, 0.3) is 0 Å². The van der Waals surface area contributed by atoms with E-state index < -0.39 is 0 Å². The Morgan fingerprint density at radius 1 is 1.62 bits per heavy atom. The number of nitrogens with one attached hydrogen (secondary N) is 1. The fourth-order valence-corrected chi connectivity index (χ4v) is 1.89. The van der Waals surface area contributed by atoms with Crippen LogP contribution in [0.5, 0.6) is 0 Å². The largest absolute Gasteiger partial charge is 0.351 e. The van der Waals surface area contributed by atoms with E-state index in [4.69, 9.17) is 17.3 Å². The van der Waals surface area contributed by atoms with Crippen molar-refractivity contribution in [2.45, 2.75) is 25.3 Å². The van der Waals surface area contributed by atoms with Crippen molar-refractivity contribution >= 4 is 17.5 Å². The number of amides is 1. The first-order valence-corrected chi connectivity index (χ1v) is 5.96. The van der Waals surface area contributed by atoms with Crippen molar-refractivity contribution in [3.05, 3.63) is 23.0 Å². The Morgan fingerprint density at radius 3 is 3.00 bits per heavy atom. The minimum Gasteiger partial charge on any atom is -0.351 e. The van der Waals surface area contributed by atoms with E-state index in [1.165, 1.54) is 0 Å².